The van der Waals surface area contributed by atoms with Gasteiger partial charge in [-0.2, -0.15) is 0 Å². The number of carbonyl (C=O) groups is 3. The van der Waals surface area contributed by atoms with E-state index in [1.54, 1.807) is 42.5 Å². The van der Waals surface area contributed by atoms with Crippen LogP contribution in [0.1, 0.15) is 16.7 Å². The van der Waals surface area contributed by atoms with Crippen LogP contribution in [0.15, 0.2) is 72.3 Å². The van der Waals surface area contributed by atoms with Crippen molar-refractivity contribution in [1.82, 2.24) is 5.32 Å². The number of hydrogen-bond donors (Lipinski definition) is 1. The molecule has 1 aliphatic rings. The summed E-state index contributed by atoms with van der Waals surface area (Å²) in [6.07, 6.45) is 1.39. The fourth-order valence-corrected chi connectivity index (χ4v) is 3.75. The number of carbonyl (C=O) groups excluding carboxylic acids is 3. The summed E-state index contributed by atoms with van der Waals surface area (Å²) in [6.45, 7) is 2.07. The second kappa shape index (κ2) is 9.48. The number of hydrogen-bond acceptors (Lipinski definition) is 4. The Labute approximate surface area is 200 Å². The lowest BCUT2D eigenvalue weighted by molar-refractivity contribution is -0.122. The fourth-order valence-electron chi connectivity index (χ4n) is 3.32. The first kappa shape index (κ1) is 22.6. The third-order valence-electron chi connectivity index (χ3n) is 4.97. The van der Waals surface area contributed by atoms with Crippen LogP contribution in [0.3, 0.4) is 0 Å². The Morgan fingerprint density at radius 1 is 0.939 bits per heavy atom. The van der Waals surface area contributed by atoms with Gasteiger partial charge in [0.2, 0.25) is 0 Å². The van der Waals surface area contributed by atoms with Crippen molar-refractivity contribution < 1.29 is 19.1 Å². The number of imide groups is 2. The summed E-state index contributed by atoms with van der Waals surface area (Å²) >= 11 is 12.5. The Hall–Kier alpha value is -3.61. The molecule has 166 valence electrons. The fraction of sp³-hybridized carbons (Fsp3) is 0.0800. The summed E-state index contributed by atoms with van der Waals surface area (Å²) in [5.74, 6) is -1.07. The lowest BCUT2D eigenvalue weighted by Crippen LogP contribution is -2.54. The minimum absolute atomic E-state index is 0.183. The van der Waals surface area contributed by atoms with Crippen molar-refractivity contribution in [3.63, 3.8) is 0 Å². The van der Waals surface area contributed by atoms with Crippen LogP contribution in [0.4, 0.5) is 10.5 Å². The van der Waals surface area contributed by atoms with E-state index in [1.165, 1.54) is 6.08 Å². The van der Waals surface area contributed by atoms with E-state index in [1.807, 2.05) is 31.2 Å². The SMILES string of the molecule is Cc1cccc(N2C(=O)NC(=O)/C(=C\c3ccc(OCc4ccccc4Cl)c(Cl)c3)C2=O)c1. The topological polar surface area (TPSA) is 75.7 Å². The molecule has 3 aromatic carbocycles. The van der Waals surface area contributed by atoms with Gasteiger partial charge in [0.25, 0.3) is 11.8 Å². The van der Waals surface area contributed by atoms with Gasteiger partial charge in [0.05, 0.1) is 10.7 Å². The van der Waals surface area contributed by atoms with Gasteiger partial charge in [-0.05, 0) is 54.5 Å². The van der Waals surface area contributed by atoms with Crippen molar-refractivity contribution in [2.45, 2.75) is 13.5 Å². The summed E-state index contributed by atoms with van der Waals surface area (Å²) < 4.78 is 5.75. The first-order valence-corrected chi connectivity index (χ1v) is 10.7. The van der Waals surface area contributed by atoms with E-state index in [2.05, 4.69) is 5.32 Å². The number of urea groups is 1. The van der Waals surface area contributed by atoms with Crippen LogP contribution in [0.2, 0.25) is 10.0 Å². The molecule has 6 nitrogen and oxygen atoms in total. The van der Waals surface area contributed by atoms with Crippen LogP contribution in [0, 0.1) is 6.92 Å². The molecule has 1 N–H and O–H groups in total. The zero-order valence-corrected chi connectivity index (χ0v) is 19.0. The zero-order valence-electron chi connectivity index (χ0n) is 17.5. The summed E-state index contributed by atoms with van der Waals surface area (Å²) in [7, 11) is 0. The minimum atomic E-state index is -0.797. The quantitative estimate of drug-likeness (QED) is 0.383. The number of nitrogens with zero attached hydrogens (tertiary/aromatic N) is 1. The summed E-state index contributed by atoms with van der Waals surface area (Å²) in [6, 6.07) is 18.3. The van der Waals surface area contributed by atoms with Crippen LogP contribution in [0.5, 0.6) is 5.75 Å². The summed E-state index contributed by atoms with van der Waals surface area (Å²) in [5, 5.41) is 3.09. The second-order valence-corrected chi connectivity index (χ2v) is 8.18. The molecular weight excluding hydrogens is 463 g/mol. The minimum Gasteiger partial charge on any atom is -0.487 e. The maximum Gasteiger partial charge on any atom is 0.335 e. The van der Waals surface area contributed by atoms with E-state index in [9.17, 15) is 14.4 Å². The highest BCUT2D eigenvalue weighted by molar-refractivity contribution is 6.39. The molecule has 1 heterocycles. The van der Waals surface area contributed by atoms with E-state index < -0.39 is 17.8 Å². The molecule has 1 fully saturated rings. The van der Waals surface area contributed by atoms with Gasteiger partial charge in [-0.3, -0.25) is 14.9 Å². The van der Waals surface area contributed by atoms with Crippen molar-refractivity contribution in [1.29, 1.82) is 0 Å². The van der Waals surface area contributed by atoms with Gasteiger partial charge in [0.1, 0.15) is 17.9 Å². The maximum atomic E-state index is 13.0. The Kier molecular flexibility index (Phi) is 6.49. The molecule has 3 aromatic rings. The molecule has 1 aliphatic heterocycles. The largest absolute Gasteiger partial charge is 0.487 e. The monoisotopic (exact) mass is 480 g/mol. The zero-order chi connectivity index (χ0) is 23.5. The highest BCUT2D eigenvalue weighted by Crippen LogP contribution is 2.29. The maximum absolute atomic E-state index is 13.0. The second-order valence-electron chi connectivity index (χ2n) is 7.37. The van der Waals surface area contributed by atoms with Gasteiger partial charge in [-0.15, -0.1) is 0 Å². The predicted octanol–water partition coefficient (Wildman–Crippen LogP) is 5.55. The molecule has 0 saturated carbocycles. The van der Waals surface area contributed by atoms with E-state index in [4.69, 9.17) is 27.9 Å². The smallest absolute Gasteiger partial charge is 0.335 e. The van der Waals surface area contributed by atoms with Crippen molar-refractivity contribution in [3.05, 3.63) is 99.0 Å². The number of aryl methyl sites for hydroxylation is 1. The van der Waals surface area contributed by atoms with Gasteiger partial charge in [0.15, 0.2) is 0 Å². The van der Waals surface area contributed by atoms with Crippen LogP contribution in [-0.4, -0.2) is 17.8 Å². The predicted molar refractivity (Wildman–Crippen MR) is 127 cm³/mol. The van der Waals surface area contributed by atoms with Crippen molar-refractivity contribution >= 4 is 52.8 Å². The average molecular weight is 481 g/mol. The number of amides is 4. The Morgan fingerprint density at radius 2 is 1.73 bits per heavy atom. The third kappa shape index (κ3) is 4.92. The van der Waals surface area contributed by atoms with Gasteiger partial charge < -0.3 is 4.74 Å². The molecule has 0 unspecified atom stereocenters. The van der Waals surface area contributed by atoms with Crippen molar-refractivity contribution in [3.8, 4) is 5.75 Å². The Balaban J connectivity index is 1.57. The molecular formula is C25H18Cl2N2O4. The highest BCUT2D eigenvalue weighted by atomic mass is 35.5. The molecule has 0 atom stereocenters. The molecule has 0 radical (unpaired) electrons. The van der Waals surface area contributed by atoms with Crippen molar-refractivity contribution in [2.24, 2.45) is 0 Å². The lowest BCUT2D eigenvalue weighted by Gasteiger charge is -2.26. The molecule has 8 heteroatoms. The molecule has 0 aliphatic carbocycles. The first-order chi connectivity index (χ1) is 15.8. The molecule has 0 bridgehead atoms. The number of ether oxygens (including phenoxy) is 1. The number of nitrogens with one attached hydrogen (secondary N) is 1. The van der Waals surface area contributed by atoms with Gasteiger partial charge >= 0.3 is 6.03 Å². The van der Waals surface area contributed by atoms with Crippen LogP contribution in [0.25, 0.3) is 6.08 Å². The Morgan fingerprint density at radius 3 is 2.45 bits per heavy atom. The number of barbiturate groups is 1. The number of halogens is 2. The molecule has 33 heavy (non-hydrogen) atoms. The van der Waals surface area contributed by atoms with E-state index in [0.29, 0.717) is 27.0 Å². The van der Waals surface area contributed by atoms with Gasteiger partial charge in [-0.25, -0.2) is 9.69 Å². The molecule has 4 rings (SSSR count). The third-order valence-corrected chi connectivity index (χ3v) is 5.63. The van der Waals surface area contributed by atoms with Crippen molar-refractivity contribution in [2.75, 3.05) is 4.90 Å². The van der Waals surface area contributed by atoms with E-state index in [0.717, 1.165) is 16.0 Å². The molecule has 1 saturated heterocycles. The van der Waals surface area contributed by atoms with Gasteiger partial charge in [-0.1, -0.05) is 59.6 Å². The number of anilines is 1. The van der Waals surface area contributed by atoms with Crippen LogP contribution in [-0.2, 0) is 16.2 Å². The summed E-state index contributed by atoms with van der Waals surface area (Å²) in [4.78, 5) is 38.7. The Bertz CT molecular complexity index is 1300. The molecule has 0 spiro atoms. The summed E-state index contributed by atoms with van der Waals surface area (Å²) in [5.41, 5.74) is 2.37. The van der Waals surface area contributed by atoms with Crippen LogP contribution < -0.4 is 15.0 Å². The molecule has 4 amide bonds. The number of rotatable bonds is 5. The standard InChI is InChI=1S/C25H18Cl2N2O4/c1-15-5-4-7-18(11-15)29-24(31)19(23(30)28-25(29)32)12-16-9-10-22(21(27)13-16)33-14-17-6-2-3-8-20(17)26/h2-13H,14H2,1H3,(H,28,30,32)/b19-12+. The van der Waals surface area contributed by atoms with E-state index >= 15 is 0 Å². The number of benzene rings is 3. The lowest BCUT2D eigenvalue weighted by atomic mass is 10.1. The van der Waals surface area contributed by atoms with Crippen LogP contribution >= 0.6 is 23.2 Å². The van der Waals surface area contributed by atoms with E-state index in [-0.39, 0.29) is 12.2 Å². The highest BCUT2D eigenvalue weighted by Gasteiger charge is 2.36. The average Bonchev–Trinajstić information content (AvgIpc) is 2.77. The van der Waals surface area contributed by atoms with Gasteiger partial charge in [0, 0.05) is 10.6 Å². The molecule has 0 aromatic heterocycles. The first-order valence-electron chi connectivity index (χ1n) is 9.97. The normalized spacial score (nSPS) is 15.1.